The number of carbonyl (C=O) groups is 2. The summed E-state index contributed by atoms with van der Waals surface area (Å²) in [6, 6.07) is 7.30. The zero-order valence-electron chi connectivity index (χ0n) is 16.2. The number of ether oxygens (including phenoxy) is 1. The summed E-state index contributed by atoms with van der Waals surface area (Å²) in [5, 5.41) is 15.7. The molecule has 0 aliphatic carbocycles. The van der Waals surface area contributed by atoms with Crippen LogP contribution in [0.15, 0.2) is 28.8 Å². The SMILES string of the molecule is Cc1noc(C)c1COc1ccc(CC(=O)NCCC(C)(C)C(=O)O)cc1. The van der Waals surface area contributed by atoms with E-state index in [-0.39, 0.29) is 12.3 Å². The molecule has 2 rings (SSSR count). The Morgan fingerprint density at radius 1 is 1.22 bits per heavy atom. The maximum atomic E-state index is 12.0. The lowest BCUT2D eigenvalue weighted by molar-refractivity contribution is -0.147. The summed E-state index contributed by atoms with van der Waals surface area (Å²) in [6.45, 7) is 7.70. The molecule has 0 spiro atoms. The van der Waals surface area contributed by atoms with Gasteiger partial charge in [0, 0.05) is 6.54 Å². The van der Waals surface area contributed by atoms with Crippen LogP contribution in [0.25, 0.3) is 0 Å². The molecule has 7 heteroatoms. The normalized spacial score (nSPS) is 11.3. The predicted octanol–water partition coefficient (Wildman–Crippen LogP) is 3.03. The number of amides is 1. The number of benzene rings is 1. The summed E-state index contributed by atoms with van der Waals surface area (Å²) >= 11 is 0. The van der Waals surface area contributed by atoms with Gasteiger partial charge in [0.2, 0.25) is 5.91 Å². The number of nitrogens with one attached hydrogen (secondary N) is 1. The lowest BCUT2D eigenvalue weighted by Gasteiger charge is -2.18. The molecule has 1 heterocycles. The third-order valence-electron chi connectivity index (χ3n) is 4.50. The lowest BCUT2D eigenvalue weighted by Crippen LogP contribution is -2.32. The fourth-order valence-corrected chi connectivity index (χ4v) is 2.44. The maximum Gasteiger partial charge on any atom is 0.309 e. The van der Waals surface area contributed by atoms with Crippen molar-refractivity contribution in [1.82, 2.24) is 10.5 Å². The fraction of sp³-hybridized carbons (Fsp3) is 0.450. The van der Waals surface area contributed by atoms with Crippen LogP contribution in [0, 0.1) is 19.3 Å². The molecule has 0 aliphatic heterocycles. The molecular weight excluding hydrogens is 348 g/mol. The summed E-state index contributed by atoms with van der Waals surface area (Å²) in [4.78, 5) is 23.1. The Labute approximate surface area is 158 Å². The molecule has 0 unspecified atom stereocenters. The molecule has 0 atom stereocenters. The van der Waals surface area contributed by atoms with Crippen molar-refractivity contribution in [1.29, 1.82) is 0 Å². The van der Waals surface area contributed by atoms with Gasteiger partial charge in [0.1, 0.15) is 18.1 Å². The highest BCUT2D eigenvalue weighted by atomic mass is 16.5. The first-order valence-electron chi connectivity index (χ1n) is 8.82. The Morgan fingerprint density at radius 3 is 2.44 bits per heavy atom. The van der Waals surface area contributed by atoms with E-state index in [1.54, 1.807) is 13.8 Å². The Balaban J connectivity index is 1.79. The molecule has 0 aliphatic rings. The van der Waals surface area contributed by atoms with E-state index in [2.05, 4.69) is 10.5 Å². The predicted molar refractivity (Wildman–Crippen MR) is 99.5 cm³/mol. The number of carbonyl (C=O) groups excluding carboxylic acids is 1. The van der Waals surface area contributed by atoms with Gasteiger partial charge >= 0.3 is 5.97 Å². The fourth-order valence-electron chi connectivity index (χ4n) is 2.44. The number of aliphatic carboxylic acids is 1. The van der Waals surface area contributed by atoms with E-state index in [1.165, 1.54) is 0 Å². The molecular formula is C20H26N2O5. The van der Waals surface area contributed by atoms with Gasteiger partial charge in [-0.05, 0) is 51.8 Å². The van der Waals surface area contributed by atoms with Crippen molar-refractivity contribution in [3.63, 3.8) is 0 Å². The van der Waals surface area contributed by atoms with Crippen molar-refractivity contribution in [2.45, 2.75) is 47.1 Å². The molecule has 0 saturated carbocycles. The second-order valence-corrected chi connectivity index (χ2v) is 7.20. The molecule has 27 heavy (non-hydrogen) atoms. The number of carboxylic acids is 1. The van der Waals surface area contributed by atoms with Gasteiger partial charge in [-0.25, -0.2) is 0 Å². The number of nitrogens with zero attached hydrogens (tertiary/aromatic N) is 1. The molecule has 0 saturated heterocycles. The first kappa shape index (κ1) is 20.5. The lowest BCUT2D eigenvalue weighted by atomic mass is 9.90. The molecule has 1 aromatic carbocycles. The van der Waals surface area contributed by atoms with Gasteiger partial charge in [-0.15, -0.1) is 0 Å². The van der Waals surface area contributed by atoms with Crippen LogP contribution in [-0.4, -0.2) is 28.7 Å². The van der Waals surface area contributed by atoms with Gasteiger partial charge in [0.25, 0.3) is 0 Å². The van der Waals surface area contributed by atoms with Crippen LogP contribution in [0.5, 0.6) is 5.75 Å². The third-order valence-corrected chi connectivity index (χ3v) is 4.50. The Hall–Kier alpha value is -2.83. The molecule has 146 valence electrons. The van der Waals surface area contributed by atoms with E-state index >= 15 is 0 Å². The molecule has 0 fully saturated rings. The summed E-state index contributed by atoms with van der Waals surface area (Å²) in [6.07, 6.45) is 0.611. The van der Waals surface area contributed by atoms with E-state index in [4.69, 9.17) is 14.4 Å². The van der Waals surface area contributed by atoms with Crippen LogP contribution >= 0.6 is 0 Å². The number of carboxylic acid groups (broad SMARTS) is 1. The van der Waals surface area contributed by atoms with Crippen molar-refractivity contribution >= 4 is 11.9 Å². The Bertz CT molecular complexity index is 774. The number of rotatable bonds is 9. The van der Waals surface area contributed by atoms with Crippen LogP contribution in [0.4, 0.5) is 0 Å². The van der Waals surface area contributed by atoms with Crippen LogP contribution in [0.2, 0.25) is 0 Å². The summed E-state index contributed by atoms with van der Waals surface area (Å²) in [5.74, 6) is 0.429. The van der Waals surface area contributed by atoms with Gasteiger partial charge in [0.15, 0.2) is 0 Å². The highest BCUT2D eigenvalue weighted by molar-refractivity contribution is 5.78. The van der Waals surface area contributed by atoms with Crippen LogP contribution in [0.3, 0.4) is 0 Å². The van der Waals surface area contributed by atoms with E-state index in [0.717, 1.165) is 22.6 Å². The van der Waals surface area contributed by atoms with Gasteiger partial charge in [-0.3, -0.25) is 9.59 Å². The average molecular weight is 374 g/mol. The van der Waals surface area contributed by atoms with Gasteiger partial charge in [0.05, 0.1) is 23.1 Å². The molecule has 2 aromatic rings. The van der Waals surface area contributed by atoms with Crippen molar-refractivity contribution < 1.29 is 24.0 Å². The van der Waals surface area contributed by atoms with Crippen LogP contribution in [0.1, 0.15) is 42.8 Å². The molecule has 0 bridgehead atoms. The zero-order valence-corrected chi connectivity index (χ0v) is 16.2. The summed E-state index contributed by atoms with van der Waals surface area (Å²) < 4.78 is 10.8. The Kier molecular flexibility index (Phi) is 6.60. The van der Waals surface area contributed by atoms with Crippen LogP contribution < -0.4 is 10.1 Å². The maximum absolute atomic E-state index is 12.0. The standard InChI is InChI=1S/C20H26N2O5/c1-13-17(14(2)27-22-13)12-26-16-7-5-15(6-8-16)11-18(23)21-10-9-20(3,4)19(24)25/h5-8H,9-12H2,1-4H3,(H,21,23)(H,24,25). The highest BCUT2D eigenvalue weighted by Crippen LogP contribution is 2.20. The number of aromatic nitrogens is 1. The van der Waals surface area contributed by atoms with Crippen molar-refractivity contribution in [3.05, 3.63) is 46.8 Å². The smallest absolute Gasteiger partial charge is 0.309 e. The first-order valence-corrected chi connectivity index (χ1v) is 8.82. The van der Waals surface area contributed by atoms with Gasteiger partial charge in [-0.1, -0.05) is 17.3 Å². The summed E-state index contributed by atoms with van der Waals surface area (Å²) in [5.41, 5.74) is 1.75. The monoisotopic (exact) mass is 374 g/mol. The topological polar surface area (TPSA) is 102 Å². The largest absolute Gasteiger partial charge is 0.489 e. The van der Waals surface area contributed by atoms with E-state index in [9.17, 15) is 9.59 Å². The Morgan fingerprint density at radius 2 is 1.89 bits per heavy atom. The zero-order chi connectivity index (χ0) is 20.0. The molecule has 7 nitrogen and oxygen atoms in total. The first-order chi connectivity index (χ1) is 12.7. The van der Waals surface area contributed by atoms with Gasteiger partial charge in [-0.2, -0.15) is 0 Å². The molecule has 1 aromatic heterocycles. The molecule has 1 amide bonds. The molecule has 0 radical (unpaired) electrons. The number of hydrogen-bond acceptors (Lipinski definition) is 5. The highest BCUT2D eigenvalue weighted by Gasteiger charge is 2.26. The van der Waals surface area contributed by atoms with Crippen molar-refractivity contribution in [3.8, 4) is 5.75 Å². The quantitative estimate of drug-likeness (QED) is 0.699. The van der Waals surface area contributed by atoms with Crippen molar-refractivity contribution in [2.24, 2.45) is 5.41 Å². The minimum absolute atomic E-state index is 0.138. The second kappa shape index (κ2) is 8.70. The summed E-state index contributed by atoms with van der Waals surface area (Å²) in [7, 11) is 0. The molecule has 2 N–H and O–H groups in total. The van der Waals surface area contributed by atoms with Crippen LogP contribution in [-0.2, 0) is 22.6 Å². The van der Waals surface area contributed by atoms with Crippen molar-refractivity contribution in [2.75, 3.05) is 6.54 Å². The number of hydrogen-bond donors (Lipinski definition) is 2. The van der Waals surface area contributed by atoms with Gasteiger partial charge < -0.3 is 19.7 Å². The average Bonchev–Trinajstić information content (AvgIpc) is 2.92. The van der Waals surface area contributed by atoms with E-state index in [1.807, 2.05) is 38.1 Å². The van der Waals surface area contributed by atoms with E-state index < -0.39 is 11.4 Å². The van der Waals surface area contributed by atoms with E-state index in [0.29, 0.717) is 25.3 Å². The second-order valence-electron chi connectivity index (χ2n) is 7.20. The minimum atomic E-state index is -0.871. The third kappa shape index (κ3) is 5.84. The number of aryl methyl sites for hydroxylation is 2. The minimum Gasteiger partial charge on any atom is -0.489 e.